The summed E-state index contributed by atoms with van der Waals surface area (Å²) in [6.45, 7) is 0.592. The normalized spacial score (nSPS) is 16.6. The van der Waals surface area contributed by atoms with Gasteiger partial charge in [-0.05, 0) is 76.9 Å². The number of fused-ring (bicyclic) bond motifs is 1. The third-order valence-corrected chi connectivity index (χ3v) is 8.15. The zero-order valence-electron chi connectivity index (χ0n) is 18.2. The lowest BCUT2D eigenvalue weighted by molar-refractivity contribution is 0.0939. The Bertz CT molecular complexity index is 1460. The van der Waals surface area contributed by atoms with Gasteiger partial charge in [-0.3, -0.25) is 9.78 Å². The molecule has 0 unspecified atom stereocenters. The maximum Gasteiger partial charge on any atom is 0.251 e. The first-order valence-electron chi connectivity index (χ1n) is 10.9. The van der Waals surface area contributed by atoms with Crippen molar-refractivity contribution < 1.29 is 13.2 Å². The number of pyridine rings is 1. The van der Waals surface area contributed by atoms with E-state index in [1.54, 1.807) is 54.9 Å². The number of benzene rings is 3. The minimum atomic E-state index is -3.67. The Balaban J connectivity index is 1.25. The van der Waals surface area contributed by atoms with Crippen LogP contribution in [0.5, 0.6) is 0 Å². The van der Waals surface area contributed by atoms with Crippen LogP contribution in [-0.2, 0) is 10.0 Å². The number of nitrogens with zero attached hydrogens (tertiary/aromatic N) is 2. The molecule has 1 saturated heterocycles. The molecule has 0 radical (unpaired) electrons. The highest BCUT2D eigenvalue weighted by Crippen LogP contribution is 2.26. The molecule has 4 aromatic rings. The average molecular weight is 492 g/mol. The molecule has 2 heterocycles. The second-order valence-electron chi connectivity index (χ2n) is 8.29. The zero-order chi connectivity index (χ0) is 23.7. The van der Waals surface area contributed by atoms with Gasteiger partial charge >= 0.3 is 0 Å². The second kappa shape index (κ2) is 9.18. The van der Waals surface area contributed by atoms with E-state index >= 15 is 0 Å². The highest BCUT2D eigenvalue weighted by atomic mass is 35.5. The molecule has 3 aromatic carbocycles. The molecule has 1 atom stereocenters. The van der Waals surface area contributed by atoms with Crippen LogP contribution in [0.25, 0.3) is 21.9 Å². The van der Waals surface area contributed by atoms with Crippen molar-refractivity contribution in [3.8, 4) is 11.1 Å². The highest BCUT2D eigenvalue weighted by Gasteiger charge is 2.33. The average Bonchev–Trinajstić information content (AvgIpc) is 3.33. The molecule has 5 rings (SSSR count). The summed E-state index contributed by atoms with van der Waals surface area (Å²) in [5, 5.41) is 5.27. The predicted molar refractivity (Wildman–Crippen MR) is 133 cm³/mol. The van der Waals surface area contributed by atoms with Crippen molar-refractivity contribution >= 4 is 38.3 Å². The fraction of sp³-hybridized carbons (Fsp3) is 0.154. The van der Waals surface area contributed by atoms with Gasteiger partial charge < -0.3 is 5.32 Å². The maximum atomic E-state index is 13.2. The van der Waals surface area contributed by atoms with Gasteiger partial charge in [0.2, 0.25) is 10.0 Å². The molecule has 1 aromatic heterocycles. The van der Waals surface area contributed by atoms with E-state index in [-0.39, 0.29) is 23.4 Å². The summed E-state index contributed by atoms with van der Waals surface area (Å²) in [4.78, 5) is 17.0. The van der Waals surface area contributed by atoms with Crippen LogP contribution in [0.3, 0.4) is 0 Å². The number of carbonyl (C=O) groups is 1. The fourth-order valence-corrected chi connectivity index (χ4v) is 5.91. The summed E-state index contributed by atoms with van der Waals surface area (Å²) in [6, 6.07) is 21.3. The van der Waals surface area contributed by atoms with Crippen LogP contribution in [0, 0.1) is 0 Å². The molecule has 1 N–H and O–H groups in total. The molecule has 0 bridgehead atoms. The highest BCUT2D eigenvalue weighted by molar-refractivity contribution is 7.89. The van der Waals surface area contributed by atoms with Gasteiger partial charge in [0.15, 0.2) is 0 Å². The molecule has 6 nitrogen and oxygen atoms in total. The van der Waals surface area contributed by atoms with Crippen LogP contribution in [0.4, 0.5) is 0 Å². The summed E-state index contributed by atoms with van der Waals surface area (Å²) in [7, 11) is -3.67. The third-order valence-electron chi connectivity index (χ3n) is 6.06. The minimum Gasteiger partial charge on any atom is -0.348 e. The van der Waals surface area contributed by atoms with Gasteiger partial charge in [0.1, 0.15) is 0 Å². The van der Waals surface area contributed by atoms with Gasteiger partial charge in [0.25, 0.3) is 5.91 Å². The molecule has 8 heteroatoms. The molecule has 0 saturated carbocycles. The van der Waals surface area contributed by atoms with E-state index in [1.807, 2.05) is 30.3 Å². The van der Waals surface area contributed by atoms with E-state index in [4.69, 9.17) is 11.6 Å². The molecule has 1 amide bonds. The van der Waals surface area contributed by atoms with E-state index in [9.17, 15) is 13.2 Å². The SMILES string of the molecule is O=C(N[C@H]1CCN(S(=O)(=O)c2ccc3cc(Cl)ccc3c2)C1)c1ccc(-c2ccncc2)cc1. The fourth-order valence-electron chi connectivity index (χ4n) is 4.20. The van der Waals surface area contributed by atoms with E-state index in [0.717, 1.165) is 21.9 Å². The number of nitrogens with one attached hydrogen (secondary N) is 1. The summed E-state index contributed by atoms with van der Waals surface area (Å²) in [6.07, 6.45) is 4.01. The molecular formula is C26H22ClN3O3S. The Morgan fingerprint density at radius 3 is 2.35 bits per heavy atom. The molecule has 0 aliphatic carbocycles. The van der Waals surface area contributed by atoms with Crippen LogP contribution in [0.2, 0.25) is 5.02 Å². The zero-order valence-corrected chi connectivity index (χ0v) is 19.8. The second-order valence-corrected chi connectivity index (χ2v) is 10.7. The van der Waals surface area contributed by atoms with Crippen LogP contribution >= 0.6 is 11.6 Å². The number of aromatic nitrogens is 1. The summed E-state index contributed by atoms with van der Waals surface area (Å²) in [5.74, 6) is -0.215. The van der Waals surface area contributed by atoms with Crippen molar-refractivity contribution in [1.82, 2.24) is 14.6 Å². The Morgan fingerprint density at radius 1 is 0.912 bits per heavy atom. The molecule has 1 aliphatic rings. The largest absolute Gasteiger partial charge is 0.348 e. The van der Waals surface area contributed by atoms with Gasteiger partial charge in [-0.2, -0.15) is 4.31 Å². The Hall–Kier alpha value is -3.26. The minimum absolute atomic E-state index is 0.215. The van der Waals surface area contributed by atoms with Crippen LogP contribution in [0.1, 0.15) is 16.8 Å². The first-order chi connectivity index (χ1) is 16.4. The number of amides is 1. The van der Waals surface area contributed by atoms with Gasteiger partial charge in [-0.1, -0.05) is 35.9 Å². The first-order valence-corrected chi connectivity index (χ1v) is 12.7. The summed E-state index contributed by atoms with van der Waals surface area (Å²) >= 11 is 6.03. The van der Waals surface area contributed by atoms with Crippen LogP contribution in [-0.4, -0.2) is 42.7 Å². The van der Waals surface area contributed by atoms with E-state index in [1.165, 1.54) is 4.31 Å². The van der Waals surface area contributed by atoms with E-state index < -0.39 is 10.0 Å². The van der Waals surface area contributed by atoms with Gasteiger partial charge in [-0.15, -0.1) is 0 Å². The molecular weight excluding hydrogens is 470 g/mol. The molecule has 0 spiro atoms. The maximum absolute atomic E-state index is 13.2. The van der Waals surface area contributed by atoms with Crippen molar-refractivity contribution in [2.45, 2.75) is 17.4 Å². The summed E-state index contributed by atoms with van der Waals surface area (Å²) < 4.78 is 27.8. The quantitative estimate of drug-likeness (QED) is 0.437. The predicted octanol–water partition coefficient (Wildman–Crippen LogP) is 4.75. The molecule has 1 aliphatic heterocycles. The lowest BCUT2D eigenvalue weighted by Crippen LogP contribution is -2.38. The van der Waals surface area contributed by atoms with E-state index in [0.29, 0.717) is 23.6 Å². The molecule has 172 valence electrons. The molecule has 34 heavy (non-hydrogen) atoms. The smallest absolute Gasteiger partial charge is 0.251 e. The van der Waals surface area contributed by atoms with Gasteiger partial charge in [0.05, 0.1) is 4.90 Å². The number of halogens is 1. The van der Waals surface area contributed by atoms with Crippen molar-refractivity contribution in [2.75, 3.05) is 13.1 Å². The van der Waals surface area contributed by atoms with Crippen molar-refractivity contribution in [3.63, 3.8) is 0 Å². The number of rotatable bonds is 5. The summed E-state index contributed by atoms with van der Waals surface area (Å²) in [5.41, 5.74) is 2.55. The Labute approximate surface area is 203 Å². The number of sulfonamides is 1. The number of carbonyl (C=O) groups excluding carboxylic acids is 1. The van der Waals surface area contributed by atoms with Crippen LogP contribution in [0.15, 0.2) is 90.1 Å². The van der Waals surface area contributed by atoms with Gasteiger partial charge in [0, 0.05) is 42.1 Å². The first kappa shape index (κ1) is 22.5. The Morgan fingerprint density at radius 2 is 1.59 bits per heavy atom. The van der Waals surface area contributed by atoms with Crippen molar-refractivity contribution in [2.24, 2.45) is 0 Å². The number of hydrogen-bond donors (Lipinski definition) is 1. The van der Waals surface area contributed by atoms with Crippen molar-refractivity contribution in [1.29, 1.82) is 0 Å². The number of hydrogen-bond acceptors (Lipinski definition) is 4. The Kier molecular flexibility index (Phi) is 6.08. The van der Waals surface area contributed by atoms with Crippen molar-refractivity contribution in [3.05, 3.63) is 95.8 Å². The van der Waals surface area contributed by atoms with Gasteiger partial charge in [-0.25, -0.2) is 8.42 Å². The van der Waals surface area contributed by atoms with Crippen LogP contribution < -0.4 is 5.32 Å². The lowest BCUT2D eigenvalue weighted by Gasteiger charge is -2.18. The third kappa shape index (κ3) is 4.55. The standard InChI is InChI=1S/C26H22ClN3O3S/c27-23-7-5-22-16-25(8-6-21(22)15-23)34(32,33)30-14-11-24(17-30)29-26(31)20-3-1-18(2-4-20)19-9-12-28-13-10-19/h1-10,12-13,15-16,24H,11,14,17H2,(H,29,31)/t24-/m0/s1. The lowest BCUT2D eigenvalue weighted by atomic mass is 10.0. The topological polar surface area (TPSA) is 79.4 Å². The monoisotopic (exact) mass is 491 g/mol. The van der Waals surface area contributed by atoms with E-state index in [2.05, 4.69) is 10.3 Å². The molecule has 1 fully saturated rings.